The van der Waals surface area contributed by atoms with E-state index in [0.29, 0.717) is 0 Å². The molecule has 0 N–H and O–H groups in total. The van der Waals surface area contributed by atoms with Crippen LogP contribution in [-0.2, 0) is 6.42 Å². The van der Waals surface area contributed by atoms with Crippen LogP contribution >= 0.6 is 25.3 Å². The molecule has 0 atom stereocenters. The van der Waals surface area contributed by atoms with Crippen molar-refractivity contribution in [3.63, 3.8) is 0 Å². The highest BCUT2D eigenvalue weighted by atomic mass is 32.1. The first-order valence-corrected chi connectivity index (χ1v) is 5.87. The highest BCUT2D eigenvalue weighted by molar-refractivity contribution is 7.92. The molecular weight excluding hydrogens is 208 g/mol. The van der Waals surface area contributed by atoms with E-state index in [2.05, 4.69) is 56.4 Å². The Hall–Kier alpha value is -0.340. The van der Waals surface area contributed by atoms with Gasteiger partial charge in [-0.25, -0.2) is 0 Å². The van der Waals surface area contributed by atoms with Gasteiger partial charge < -0.3 is 0 Å². The number of aryl methyl sites for hydroxylation is 1. The topological polar surface area (TPSA) is 0 Å². The Balaban J connectivity index is 2.68. The summed E-state index contributed by atoms with van der Waals surface area (Å²) in [6.45, 7) is 2.21. The van der Waals surface area contributed by atoms with Crippen LogP contribution in [-0.4, -0.2) is 0 Å². The molecule has 1 rings (SSSR count). The van der Waals surface area contributed by atoms with Crippen molar-refractivity contribution in [3.05, 3.63) is 40.8 Å². The third-order valence-electron chi connectivity index (χ3n) is 2.19. The molecule has 2 heteroatoms. The lowest BCUT2D eigenvalue weighted by atomic mass is 10.1. The summed E-state index contributed by atoms with van der Waals surface area (Å²) in [7, 11) is 0. The van der Waals surface area contributed by atoms with Gasteiger partial charge in [0.05, 0.1) is 0 Å². The van der Waals surface area contributed by atoms with Crippen LogP contribution in [0.3, 0.4) is 0 Å². The Morgan fingerprint density at radius 2 is 1.93 bits per heavy atom. The van der Waals surface area contributed by atoms with Crippen molar-refractivity contribution < 1.29 is 0 Å². The quantitative estimate of drug-likeness (QED) is 0.704. The minimum atomic E-state index is 0.912. The van der Waals surface area contributed by atoms with Gasteiger partial charge in [0, 0.05) is 4.91 Å². The molecule has 0 radical (unpaired) electrons. The van der Waals surface area contributed by atoms with Crippen molar-refractivity contribution in [1.82, 2.24) is 0 Å². The molecule has 0 aliphatic rings. The average molecular weight is 224 g/mol. The molecule has 0 amide bonds. The molecule has 14 heavy (non-hydrogen) atoms. The molecule has 0 fully saturated rings. The fourth-order valence-corrected chi connectivity index (χ4v) is 1.60. The summed E-state index contributed by atoms with van der Waals surface area (Å²) in [5.41, 5.74) is 2.53. The second-order valence-electron chi connectivity index (χ2n) is 3.31. The first-order valence-electron chi connectivity index (χ1n) is 4.90. The van der Waals surface area contributed by atoms with E-state index in [9.17, 15) is 0 Å². The fourth-order valence-electron chi connectivity index (χ4n) is 1.30. The van der Waals surface area contributed by atoms with Crippen molar-refractivity contribution >= 4 is 30.2 Å². The summed E-state index contributed by atoms with van der Waals surface area (Å²) in [5.74, 6) is 0. The molecule has 0 aromatic heterocycles. The van der Waals surface area contributed by atoms with Gasteiger partial charge in [0.25, 0.3) is 0 Å². The van der Waals surface area contributed by atoms with Gasteiger partial charge in [-0.2, -0.15) is 12.6 Å². The van der Waals surface area contributed by atoms with E-state index in [1.807, 2.05) is 0 Å². The number of rotatable bonds is 4. The molecule has 0 nitrogen and oxygen atoms in total. The fraction of sp³-hybridized carbons (Fsp3) is 0.333. The van der Waals surface area contributed by atoms with Gasteiger partial charge in [0.2, 0.25) is 0 Å². The SMILES string of the molecule is CCCCc1ccc(/C(S)=C/S)cc1. The number of hydrogen-bond acceptors (Lipinski definition) is 2. The van der Waals surface area contributed by atoms with E-state index < -0.39 is 0 Å². The zero-order chi connectivity index (χ0) is 10.4. The Bertz CT molecular complexity index is 299. The molecule has 0 aliphatic heterocycles. The first-order chi connectivity index (χ1) is 6.77. The molecule has 1 aromatic carbocycles. The third kappa shape index (κ3) is 3.43. The van der Waals surface area contributed by atoms with Crippen molar-refractivity contribution in [2.24, 2.45) is 0 Å². The summed E-state index contributed by atoms with van der Waals surface area (Å²) in [6, 6.07) is 8.52. The average Bonchev–Trinajstić information content (AvgIpc) is 2.26. The van der Waals surface area contributed by atoms with Crippen LogP contribution in [0.2, 0.25) is 0 Å². The molecule has 76 valence electrons. The van der Waals surface area contributed by atoms with Gasteiger partial charge in [0.1, 0.15) is 0 Å². The van der Waals surface area contributed by atoms with Crippen LogP contribution < -0.4 is 0 Å². The van der Waals surface area contributed by atoms with Crippen LogP contribution in [0.25, 0.3) is 4.91 Å². The minimum absolute atomic E-state index is 0.912. The van der Waals surface area contributed by atoms with Crippen molar-refractivity contribution in [1.29, 1.82) is 0 Å². The predicted octanol–water partition coefficient (Wildman–Crippen LogP) is 4.19. The maximum Gasteiger partial charge on any atom is 0.0173 e. The third-order valence-corrected chi connectivity index (χ3v) is 3.04. The zero-order valence-corrected chi connectivity index (χ0v) is 10.2. The van der Waals surface area contributed by atoms with E-state index >= 15 is 0 Å². The lowest BCUT2D eigenvalue weighted by Crippen LogP contribution is -1.85. The molecule has 0 aliphatic carbocycles. The van der Waals surface area contributed by atoms with E-state index in [0.717, 1.165) is 10.5 Å². The lowest BCUT2D eigenvalue weighted by Gasteiger charge is -2.02. The van der Waals surface area contributed by atoms with E-state index in [1.54, 1.807) is 5.41 Å². The highest BCUT2D eigenvalue weighted by Gasteiger charge is 1.96. The van der Waals surface area contributed by atoms with Gasteiger partial charge in [-0.3, -0.25) is 0 Å². The summed E-state index contributed by atoms with van der Waals surface area (Å²) in [5, 5.41) is 1.71. The standard InChI is InChI=1S/C12H16S2/c1-2-3-4-10-5-7-11(8-6-10)12(14)9-13/h5-9,13-14H,2-4H2,1H3/b12-9-. The Morgan fingerprint density at radius 3 is 2.43 bits per heavy atom. The van der Waals surface area contributed by atoms with Gasteiger partial charge in [-0.15, -0.1) is 12.6 Å². The number of thiol groups is 2. The number of unbranched alkanes of at least 4 members (excludes halogenated alkanes) is 1. The van der Waals surface area contributed by atoms with E-state index in [-0.39, 0.29) is 0 Å². The number of benzene rings is 1. The molecule has 0 spiro atoms. The summed E-state index contributed by atoms with van der Waals surface area (Å²) in [6.07, 6.45) is 3.68. The zero-order valence-electron chi connectivity index (χ0n) is 8.40. The van der Waals surface area contributed by atoms with Gasteiger partial charge in [0.15, 0.2) is 0 Å². The van der Waals surface area contributed by atoms with Crippen LogP contribution in [0.4, 0.5) is 0 Å². The molecule has 0 saturated carbocycles. The number of hydrogen-bond donors (Lipinski definition) is 2. The Morgan fingerprint density at radius 1 is 1.29 bits per heavy atom. The largest absolute Gasteiger partial charge is 0.150 e. The van der Waals surface area contributed by atoms with Crippen LogP contribution in [0.15, 0.2) is 29.7 Å². The normalized spacial score (nSPS) is 11.8. The molecule has 0 heterocycles. The van der Waals surface area contributed by atoms with Gasteiger partial charge >= 0.3 is 0 Å². The lowest BCUT2D eigenvalue weighted by molar-refractivity contribution is 0.795. The van der Waals surface area contributed by atoms with Crippen molar-refractivity contribution in [2.75, 3.05) is 0 Å². The molecule has 1 aromatic rings. The van der Waals surface area contributed by atoms with Crippen LogP contribution in [0.1, 0.15) is 30.9 Å². The van der Waals surface area contributed by atoms with Gasteiger partial charge in [-0.1, -0.05) is 37.6 Å². The minimum Gasteiger partial charge on any atom is -0.150 e. The maximum atomic E-state index is 4.31. The highest BCUT2D eigenvalue weighted by Crippen LogP contribution is 2.19. The van der Waals surface area contributed by atoms with Crippen LogP contribution in [0, 0.1) is 0 Å². The second-order valence-corrected chi connectivity index (χ2v) is 4.05. The summed E-state index contributed by atoms with van der Waals surface area (Å²) in [4.78, 5) is 0.912. The molecule has 0 bridgehead atoms. The second kappa shape index (κ2) is 6.20. The smallest absolute Gasteiger partial charge is 0.0173 e. The van der Waals surface area contributed by atoms with E-state index in [1.165, 1.54) is 24.8 Å². The van der Waals surface area contributed by atoms with Crippen molar-refractivity contribution in [3.8, 4) is 0 Å². The Labute approximate surface area is 97.2 Å². The molecule has 0 unspecified atom stereocenters. The van der Waals surface area contributed by atoms with E-state index in [4.69, 9.17) is 0 Å². The molecular formula is C12H16S2. The van der Waals surface area contributed by atoms with Crippen LogP contribution in [0.5, 0.6) is 0 Å². The predicted molar refractivity (Wildman–Crippen MR) is 71.0 cm³/mol. The molecule has 0 saturated heterocycles. The van der Waals surface area contributed by atoms with Gasteiger partial charge in [-0.05, 0) is 29.4 Å². The summed E-state index contributed by atoms with van der Waals surface area (Å²) < 4.78 is 0. The first kappa shape index (κ1) is 11.7. The monoisotopic (exact) mass is 224 g/mol. The summed E-state index contributed by atoms with van der Waals surface area (Å²) >= 11 is 8.38. The Kier molecular flexibility index (Phi) is 5.20. The van der Waals surface area contributed by atoms with Crippen molar-refractivity contribution in [2.45, 2.75) is 26.2 Å². The maximum absolute atomic E-state index is 4.31.